The number of methoxy groups -OCH3 is 1. The van der Waals surface area contributed by atoms with Gasteiger partial charge in [0, 0.05) is 11.6 Å². The third-order valence-corrected chi connectivity index (χ3v) is 3.46. The van der Waals surface area contributed by atoms with Gasteiger partial charge in [-0.15, -0.1) is 0 Å². The molecule has 0 amide bonds. The number of ether oxygens (including phenoxy) is 1. The van der Waals surface area contributed by atoms with E-state index in [0.29, 0.717) is 5.82 Å². The summed E-state index contributed by atoms with van der Waals surface area (Å²) < 4.78 is 5.18. The molecular weight excluding hydrogens is 248 g/mol. The van der Waals surface area contributed by atoms with Crippen LogP contribution in [0.2, 0.25) is 0 Å². The summed E-state index contributed by atoms with van der Waals surface area (Å²) in [4.78, 5) is 4.19. The summed E-state index contributed by atoms with van der Waals surface area (Å²) in [6.45, 7) is 0. The van der Waals surface area contributed by atoms with E-state index in [1.165, 1.54) is 11.1 Å². The lowest BCUT2D eigenvalue weighted by Crippen LogP contribution is -1.96. The molecule has 0 spiro atoms. The van der Waals surface area contributed by atoms with Gasteiger partial charge in [-0.3, -0.25) is 0 Å². The Kier molecular flexibility index (Phi) is 3.25. The van der Waals surface area contributed by atoms with Crippen LogP contribution in [0.3, 0.4) is 0 Å². The van der Waals surface area contributed by atoms with Gasteiger partial charge in [-0.05, 0) is 41.1 Å². The molecule has 0 atom stereocenters. The largest absolute Gasteiger partial charge is 0.497 e. The number of benzene rings is 2. The van der Waals surface area contributed by atoms with E-state index in [9.17, 15) is 0 Å². The number of pyridine rings is 1. The second-order valence-corrected chi connectivity index (χ2v) is 4.74. The molecule has 0 aliphatic carbocycles. The topological polar surface area (TPSA) is 48.1 Å². The number of nitrogen functional groups attached to an aromatic ring is 1. The molecule has 0 saturated heterocycles. The van der Waals surface area contributed by atoms with Gasteiger partial charge in [0.05, 0.1) is 7.11 Å². The molecule has 0 bridgehead atoms. The molecule has 3 nitrogen and oxygen atoms in total. The molecule has 0 radical (unpaired) electrons. The highest BCUT2D eigenvalue weighted by atomic mass is 16.5. The van der Waals surface area contributed by atoms with Gasteiger partial charge in [0.1, 0.15) is 11.6 Å². The van der Waals surface area contributed by atoms with E-state index in [-0.39, 0.29) is 0 Å². The zero-order valence-corrected chi connectivity index (χ0v) is 11.3. The van der Waals surface area contributed by atoms with Crippen LogP contribution in [0.1, 0.15) is 11.1 Å². The lowest BCUT2D eigenvalue weighted by Gasteiger charge is -2.09. The number of nitrogens with zero attached hydrogens (tertiary/aromatic N) is 1. The van der Waals surface area contributed by atoms with E-state index in [4.69, 9.17) is 10.5 Å². The maximum absolute atomic E-state index is 6.03. The molecule has 2 aromatic carbocycles. The molecule has 0 saturated carbocycles. The summed E-state index contributed by atoms with van der Waals surface area (Å²) >= 11 is 0. The lowest BCUT2D eigenvalue weighted by molar-refractivity contribution is 0.414. The lowest BCUT2D eigenvalue weighted by atomic mass is 9.99. The maximum Gasteiger partial charge on any atom is 0.131 e. The summed E-state index contributed by atoms with van der Waals surface area (Å²) in [5, 5.41) is 2.18. The molecule has 3 rings (SSSR count). The number of anilines is 1. The fourth-order valence-corrected chi connectivity index (χ4v) is 2.44. The Morgan fingerprint density at radius 2 is 1.85 bits per heavy atom. The molecule has 3 heteroatoms. The first-order chi connectivity index (χ1) is 9.78. The molecule has 0 unspecified atom stereocenters. The molecule has 2 N–H and O–H groups in total. The van der Waals surface area contributed by atoms with Crippen molar-refractivity contribution < 1.29 is 4.74 Å². The minimum atomic E-state index is 0.589. The van der Waals surface area contributed by atoms with Crippen molar-refractivity contribution in [1.82, 2.24) is 4.98 Å². The van der Waals surface area contributed by atoms with Crippen molar-refractivity contribution >= 4 is 16.6 Å². The third kappa shape index (κ3) is 2.30. The average molecular weight is 264 g/mol. The van der Waals surface area contributed by atoms with Crippen LogP contribution < -0.4 is 10.5 Å². The molecule has 20 heavy (non-hydrogen) atoms. The molecule has 1 aromatic heterocycles. The van der Waals surface area contributed by atoms with Crippen molar-refractivity contribution in [2.45, 2.75) is 6.42 Å². The smallest absolute Gasteiger partial charge is 0.131 e. The van der Waals surface area contributed by atoms with Crippen LogP contribution in [-0.2, 0) is 6.42 Å². The highest BCUT2D eigenvalue weighted by molar-refractivity contribution is 5.93. The van der Waals surface area contributed by atoms with Gasteiger partial charge in [0.25, 0.3) is 0 Å². The first kappa shape index (κ1) is 12.5. The van der Waals surface area contributed by atoms with E-state index in [0.717, 1.165) is 22.9 Å². The van der Waals surface area contributed by atoms with Gasteiger partial charge >= 0.3 is 0 Å². The average Bonchev–Trinajstić information content (AvgIpc) is 2.48. The Morgan fingerprint density at radius 3 is 2.60 bits per heavy atom. The molecular formula is C17H16N2O. The number of fused-ring (bicyclic) bond motifs is 1. The summed E-state index contributed by atoms with van der Waals surface area (Å²) in [6, 6.07) is 16.3. The van der Waals surface area contributed by atoms with Crippen LogP contribution in [0, 0.1) is 0 Å². The first-order valence-corrected chi connectivity index (χ1v) is 6.53. The zero-order valence-electron chi connectivity index (χ0n) is 11.3. The zero-order chi connectivity index (χ0) is 13.9. The number of nitrogens with two attached hydrogens (primary N) is 1. The van der Waals surface area contributed by atoms with Gasteiger partial charge in [0.15, 0.2) is 0 Å². The molecule has 3 aromatic rings. The van der Waals surface area contributed by atoms with Crippen LogP contribution >= 0.6 is 0 Å². The minimum Gasteiger partial charge on any atom is -0.497 e. The van der Waals surface area contributed by atoms with Gasteiger partial charge < -0.3 is 10.5 Å². The van der Waals surface area contributed by atoms with Gasteiger partial charge in [-0.25, -0.2) is 4.98 Å². The minimum absolute atomic E-state index is 0.589. The van der Waals surface area contributed by atoms with Gasteiger partial charge in [0.2, 0.25) is 0 Å². The predicted molar refractivity (Wildman–Crippen MR) is 82.0 cm³/mol. The first-order valence-electron chi connectivity index (χ1n) is 6.53. The van der Waals surface area contributed by atoms with Crippen molar-refractivity contribution in [2.75, 3.05) is 12.8 Å². The molecule has 1 heterocycles. The van der Waals surface area contributed by atoms with Crippen LogP contribution in [0.4, 0.5) is 5.82 Å². The van der Waals surface area contributed by atoms with Crippen LogP contribution in [-0.4, -0.2) is 12.1 Å². The Labute approximate surface area is 118 Å². The van der Waals surface area contributed by atoms with Crippen LogP contribution in [0.5, 0.6) is 5.75 Å². The Balaban J connectivity index is 2.01. The van der Waals surface area contributed by atoms with Gasteiger partial charge in [-0.1, -0.05) is 30.3 Å². The Hall–Kier alpha value is -2.55. The number of hydrogen-bond acceptors (Lipinski definition) is 3. The Morgan fingerprint density at radius 1 is 1.05 bits per heavy atom. The molecule has 100 valence electrons. The summed E-state index contributed by atoms with van der Waals surface area (Å²) in [5.41, 5.74) is 8.44. The van der Waals surface area contributed by atoms with Crippen molar-refractivity contribution in [1.29, 1.82) is 0 Å². The number of aromatic nitrogens is 1. The quantitative estimate of drug-likeness (QED) is 0.788. The van der Waals surface area contributed by atoms with Gasteiger partial charge in [-0.2, -0.15) is 0 Å². The second-order valence-electron chi connectivity index (χ2n) is 4.74. The third-order valence-electron chi connectivity index (χ3n) is 3.46. The van der Waals surface area contributed by atoms with Crippen LogP contribution in [0.15, 0.2) is 54.7 Å². The molecule has 0 aliphatic rings. The van der Waals surface area contributed by atoms with Crippen molar-refractivity contribution in [3.05, 3.63) is 65.9 Å². The maximum atomic E-state index is 6.03. The van der Waals surface area contributed by atoms with E-state index in [2.05, 4.69) is 35.3 Å². The normalized spacial score (nSPS) is 10.7. The van der Waals surface area contributed by atoms with Crippen molar-refractivity contribution in [2.24, 2.45) is 0 Å². The van der Waals surface area contributed by atoms with Crippen LogP contribution in [0.25, 0.3) is 10.8 Å². The summed E-state index contributed by atoms with van der Waals surface area (Å²) in [7, 11) is 1.67. The standard InChI is InChI=1S/C17H16N2O/c1-20-15-7-5-12(6-8-15)11-14-4-2-3-13-9-10-19-17(18)16(13)14/h2-10H,11H2,1H3,(H2,18,19). The number of hydrogen-bond donors (Lipinski definition) is 1. The van der Waals surface area contributed by atoms with E-state index < -0.39 is 0 Å². The number of rotatable bonds is 3. The summed E-state index contributed by atoms with van der Waals surface area (Å²) in [6.07, 6.45) is 2.58. The van der Waals surface area contributed by atoms with E-state index >= 15 is 0 Å². The van der Waals surface area contributed by atoms with E-state index in [1.807, 2.05) is 18.2 Å². The predicted octanol–water partition coefficient (Wildman–Crippen LogP) is 3.42. The summed E-state index contributed by atoms with van der Waals surface area (Å²) in [5.74, 6) is 1.46. The Bertz CT molecular complexity index is 730. The van der Waals surface area contributed by atoms with E-state index in [1.54, 1.807) is 13.3 Å². The fourth-order valence-electron chi connectivity index (χ4n) is 2.44. The van der Waals surface area contributed by atoms with Crippen molar-refractivity contribution in [3.63, 3.8) is 0 Å². The molecule has 0 aliphatic heterocycles. The van der Waals surface area contributed by atoms with Crippen molar-refractivity contribution in [3.8, 4) is 5.75 Å². The molecule has 0 fully saturated rings. The second kappa shape index (κ2) is 5.21. The SMILES string of the molecule is COc1ccc(Cc2cccc3ccnc(N)c23)cc1. The highest BCUT2D eigenvalue weighted by Gasteiger charge is 2.06. The fraction of sp³-hybridized carbons (Fsp3) is 0.118. The monoisotopic (exact) mass is 264 g/mol. The highest BCUT2D eigenvalue weighted by Crippen LogP contribution is 2.25.